The molecule has 0 radical (unpaired) electrons. The maximum absolute atomic E-state index is 4.18. The molecule has 0 bridgehead atoms. The van der Waals surface area contributed by atoms with E-state index in [2.05, 4.69) is 30.7 Å². The van der Waals surface area contributed by atoms with Crippen LogP contribution in [-0.2, 0) is 0 Å². The summed E-state index contributed by atoms with van der Waals surface area (Å²) in [6.45, 7) is 0. The number of nitrogens with zero attached hydrogens (tertiary/aromatic N) is 2. The Morgan fingerprint density at radius 3 is 2.91 bits per heavy atom. The molecule has 0 aliphatic carbocycles. The Bertz CT molecular complexity index is 341. The summed E-state index contributed by atoms with van der Waals surface area (Å²) in [5, 5.41) is 5.07. The molecule has 0 unspecified atom stereocenters. The molecule has 0 aliphatic heterocycles. The summed E-state index contributed by atoms with van der Waals surface area (Å²) in [4.78, 5) is 4.18. The van der Waals surface area contributed by atoms with Crippen LogP contribution in [-0.4, -0.2) is 9.36 Å². The summed E-state index contributed by atoms with van der Waals surface area (Å²) in [5.41, 5.74) is 1.15. The maximum atomic E-state index is 4.18. The van der Waals surface area contributed by atoms with Gasteiger partial charge in [-0.25, -0.2) is 4.98 Å². The number of hydrogen-bond acceptors (Lipinski definition) is 4. The number of aromatic nitrogens is 2. The normalized spacial score (nSPS) is 10.3. The third kappa shape index (κ3) is 1.50. The van der Waals surface area contributed by atoms with Crippen molar-refractivity contribution >= 4 is 38.8 Å². The van der Waals surface area contributed by atoms with E-state index in [1.807, 2.05) is 11.4 Å². The van der Waals surface area contributed by atoms with Gasteiger partial charge in [-0.3, -0.25) is 0 Å². The van der Waals surface area contributed by atoms with Gasteiger partial charge in [0.2, 0.25) is 4.73 Å². The lowest BCUT2D eigenvalue weighted by Gasteiger charge is -1.82. The van der Waals surface area contributed by atoms with Crippen LogP contribution in [0.3, 0.4) is 0 Å². The Hall–Kier alpha value is -0.260. The summed E-state index contributed by atoms with van der Waals surface area (Å²) in [5.74, 6) is 0. The largest absolute Gasteiger partial charge is 0.209 e. The molecule has 0 spiro atoms. The molecular formula is C6H3BrN2S2. The molecule has 56 valence electrons. The van der Waals surface area contributed by atoms with E-state index in [9.17, 15) is 0 Å². The second-order valence-electron chi connectivity index (χ2n) is 1.88. The monoisotopic (exact) mass is 246 g/mol. The van der Waals surface area contributed by atoms with Crippen LogP contribution in [0.2, 0.25) is 0 Å². The van der Waals surface area contributed by atoms with Crippen molar-refractivity contribution in [3.05, 3.63) is 21.6 Å². The lowest BCUT2D eigenvalue weighted by molar-refractivity contribution is 1.26. The molecule has 5 heteroatoms. The Balaban J connectivity index is 2.45. The third-order valence-corrected chi connectivity index (χ3v) is 3.21. The van der Waals surface area contributed by atoms with E-state index < -0.39 is 0 Å². The van der Waals surface area contributed by atoms with E-state index >= 15 is 0 Å². The van der Waals surface area contributed by atoms with Crippen LogP contribution in [0, 0.1) is 0 Å². The molecule has 0 aliphatic rings. The van der Waals surface area contributed by atoms with Crippen molar-refractivity contribution in [3.8, 4) is 10.6 Å². The van der Waals surface area contributed by atoms with Gasteiger partial charge in [-0.1, -0.05) is 0 Å². The average Bonchev–Trinajstić information content (AvgIpc) is 2.55. The summed E-state index contributed by atoms with van der Waals surface area (Å²) < 4.78 is 4.69. The zero-order chi connectivity index (χ0) is 7.68. The molecule has 2 nitrogen and oxygen atoms in total. The fourth-order valence-electron chi connectivity index (χ4n) is 0.709. The molecule has 0 fully saturated rings. The van der Waals surface area contributed by atoms with Gasteiger partial charge in [-0.2, -0.15) is 15.7 Å². The molecule has 0 atom stereocenters. The summed E-state index contributed by atoms with van der Waals surface area (Å²) in [7, 11) is 0. The Kier molecular flexibility index (Phi) is 2.02. The highest BCUT2D eigenvalue weighted by Gasteiger charge is 2.03. The predicted octanol–water partition coefficient (Wildman–Crippen LogP) is 3.03. The van der Waals surface area contributed by atoms with E-state index in [4.69, 9.17) is 0 Å². The van der Waals surface area contributed by atoms with Crippen molar-refractivity contribution in [1.29, 1.82) is 0 Å². The smallest absolute Gasteiger partial charge is 0.209 e. The summed E-state index contributed by atoms with van der Waals surface area (Å²) >= 11 is 6.28. The number of halogens is 1. The lowest BCUT2D eigenvalue weighted by atomic mass is 10.4. The van der Waals surface area contributed by atoms with Crippen LogP contribution in [0.15, 0.2) is 21.6 Å². The van der Waals surface area contributed by atoms with E-state index in [0.717, 1.165) is 10.6 Å². The van der Waals surface area contributed by atoms with Crippen LogP contribution in [0.25, 0.3) is 10.6 Å². The Morgan fingerprint density at radius 1 is 1.45 bits per heavy atom. The topological polar surface area (TPSA) is 25.8 Å². The van der Waals surface area contributed by atoms with Crippen LogP contribution < -0.4 is 0 Å². The first kappa shape index (κ1) is 7.39. The highest BCUT2D eigenvalue weighted by Crippen LogP contribution is 2.24. The quantitative estimate of drug-likeness (QED) is 0.774. The van der Waals surface area contributed by atoms with Gasteiger partial charge >= 0.3 is 0 Å². The van der Waals surface area contributed by atoms with Gasteiger partial charge < -0.3 is 0 Å². The molecule has 2 aromatic heterocycles. The zero-order valence-corrected chi connectivity index (χ0v) is 8.54. The fourth-order valence-corrected chi connectivity index (χ4v) is 2.50. The summed E-state index contributed by atoms with van der Waals surface area (Å²) in [6, 6.07) is 2.04. The van der Waals surface area contributed by atoms with Gasteiger partial charge in [0.15, 0.2) is 0 Å². The minimum Gasteiger partial charge on any atom is -0.209 e. The zero-order valence-electron chi connectivity index (χ0n) is 5.32. The molecule has 0 amide bonds. The van der Waals surface area contributed by atoms with Crippen LogP contribution in [0.4, 0.5) is 0 Å². The Morgan fingerprint density at radius 2 is 2.36 bits per heavy atom. The van der Waals surface area contributed by atoms with Gasteiger partial charge in [-0.05, 0) is 38.9 Å². The van der Waals surface area contributed by atoms with Crippen LogP contribution in [0.1, 0.15) is 0 Å². The highest BCUT2D eigenvalue weighted by atomic mass is 79.9. The molecule has 2 rings (SSSR count). The van der Waals surface area contributed by atoms with Crippen molar-refractivity contribution in [2.24, 2.45) is 0 Å². The average molecular weight is 247 g/mol. The molecule has 2 aromatic rings. The van der Waals surface area contributed by atoms with E-state index in [-0.39, 0.29) is 0 Å². The van der Waals surface area contributed by atoms with Gasteiger partial charge in [0, 0.05) is 10.9 Å². The molecule has 11 heavy (non-hydrogen) atoms. The third-order valence-electron chi connectivity index (χ3n) is 1.17. The van der Waals surface area contributed by atoms with Crippen LogP contribution in [0.5, 0.6) is 0 Å². The van der Waals surface area contributed by atoms with Crippen molar-refractivity contribution in [2.75, 3.05) is 0 Å². The van der Waals surface area contributed by atoms with Gasteiger partial charge in [0.05, 0.1) is 0 Å². The molecule has 0 N–H and O–H groups in total. The molecule has 0 saturated carbocycles. The van der Waals surface area contributed by atoms with E-state index in [1.54, 1.807) is 11.3 Å². The number of thiophene rings is 1. The minimum atomic E-state index is 0.670. The predicted molar refractivity (Wildman–Crippen MR) is 50.9 cm³/mol. The minimum absolute atomic E-state index is 0.670. The number of rotatable bonds is 1. The first-order chi connectivity index (χ1) is 5.36. The van der Waals surface area contributed by atoms with E-state index in [1.165, 1.54) is 11.5 Å². The summed E-state index contributed by atoms with van der Waals surface area (Å²) in [6.07, 6.45) is 0. The first-order valence-corrected chi connectivity index (χ1v) is 5.39. The Labute approximate surface area is 80.2 Å². The SMILES string of the molecule is Brc1nsc(-c2ccsc2)n1. The number of hydrogen-bond donors (Lipinski definition) is 0. The molecule has 0 aromatic carbocycles. The van der Waals surface area contributed by atoms with Crippen molar-refractivity contribution in [2.45, 2.75) is 0 Å². The lowest BCUT2D eigenvalue weighted by Crippen LogP contribution is -1.68. The molecular weight excluding hydrogens is 244 g/mol. The van der Waals surface area contributed by atoms with Crippen molar-refractivity contribution in [3.63, 3.8) is 0 Å². The second-order valence-corrected chi connectivity index (χ2v) is 4.12. The molecule has 2 heterocycles. The first-order valence-electron chi connectivity index (χ1n) is 2.88. The van der Waals surface area contributed by atoms with Gasteiger partial charge in [0.1, 0.15) is 5.01 Å². The van der Waals surface area contributed by atoms with Crippen LogP contribution >= 0.6 is 38.8 Å². The van der Waals surface area contributed by atoms with Gasteiger partial charge in [0.25, 0.3) is 0 Å². The highest BCUT2D eigenvalue weighted by molar-refractivity contribution is 9.10. The fraction of sp³-hybridized carbons (Fsp3) is 0. The molecule has 0 saturated heterocycles. The van der Waals surface area contributed by atoms with E-state index in [0.29, 0.717) is 4.73 Å². The van der Waals surface area contributed by atoms with Gasteiger partial charge in [-0.15, -0.1) is 0 Å². The van der Waals surface area contributed by atoms with Crippen molar-refractivity contribution < 1.29 is 0 Å². The standard InChI is InChI=1S/C6H3BrN2S2/c7-6-8-5(11-9-6)4-1-2-10-3-4/h1-3H. The maximum Gasteiger partial charge on any atom is 0.209 e. The second kappa shape index (κ2) is 3.00. The van der Waals surface area contributed by atoms with Crippen molar-refractivity contribution in [1.82, 2.24) is 9.36 Å².